The van der Waals surface area contributed by atoms with Crippen LogP contribution in [0.2, 0.25) is 0 Å². The quantitative estimate of drug-likeness (QED) is 0.772. The van der Waals surface area contributed by atoms with Gasteiger partial charge in [0.05, 0.1) is 0 Å². The molecule has 0 heterocycles. The highest BCUT2D eigenvalue weighted by atomic mass is 14.6. The van der Waals surface area contributed by atoms with Crippen LogP contribution in [0.5, 0.6) is 0 Å². The van der Waals surface area contributed by atoms with Gasteiger partial charge in [0.15, 0.2) is 0 Å². The number of anilines is 2. The molecule has 3 fully saturated rings. The molecule has 5 rings (SSSR count). The molecule has 3 aliphatic rings. The van der Waals surface area contributed by atoms with E-state index >= 15 is 0 Å². The van der Waals surface area contributed by atoms with Crippen LogP contribution in [0.4, 0.5) is 11.4 Å². The van der Waals surface area contributed by atoms with Crippen molar-refractivity contribution in [3.63, 3.8) is 0 Å². The van der Waals surface area contributed by atoms with Gasteiger partial charge in [-0.25, -0.2) is 0 Å². The summed E-state index contributed by atoms with van der Waals surface area (Å²) < 4.78 is 0. The van der Waals surface area contributed by atoms with Crippen molar-refractivity contribution < 1.29 is 0 Å². The number of benzene rings is 2. The molecule has 2 heteroatoms. The molecule has 5 unspecified atom stereocenters. The SMILES string of the molecule is Nc1ccc(C(c2ccc(N)cc2)C2CC3CC2C2CCCC32)cc1. The minimum Gasteiger partial charge on any atom is -0.399 e. The molecule has 3 saturated carbocycles. The van der Waals surface area contributed by atoms with Gasteiger partial charge in [0, 0.05) is 17.3 Å². The monoisotopic (exact) mass is 332 g/mol. The van der Waals surface area contributed by atoms with Crippen molar-refractivity contribution in [2.75, 3.05) is 11.5 Å². The first-order chi connectivity index (χ1) is 12.2. The second kappa shape index (κ2) is 5.79. The van der Waals surface area contributed by atoms with Crippen LogP contribution in [-0.4, -0.2) is 0 Å². The van der Waals surface area contributed by atoms with Crippen molar-refractivity contribution in [3.8, 4) is 0 Å². The zero-order valence-electron chi connectivity index (χ0n) is 14.8. The molecular formula is C23H28N2. The molecule has 2 bridgehead atoms. The molecule has 3 aliphatic carbocycles. The van der Waals surface area contributed by atoms with Crippen molar-refractivity contribution in [2.24, 2.45) is 29.6 Å². The van der Waals surface area contributed by atoms with Gasteiger partial charge in [0.25, 0.3) is 0 Å². The van der Waals surface area contributed by atoms with Crippen molar-refractivity contribution in [3.05, 3.63) is 59.7 Å². The van der Waals surface area contributed by atoms with Gasteiger partial charge in [-0.3, -0.25) is 0 Å². The van der Waals surface area contributed by atoms with Gasteiger partial charge in [0.1, 0.15) is 0 Å². The first kappa shape index (κ1) is 15.3. The topological polar surface area (TPSA) is 52.0 Å². The van der Waals surface area contributed by atoms with Crippen LogP contribution >= 0.6 is 0 Å². The Morgan fingerprint density at radius 1 is 0.680 bits per heavy atom. The molecular weight excluding hydrogens is 304 g/mol. The van der Waals surface area contributed by atoms with Gasteiger partial charge in [-0.15, -0.1) is 0 Å². The number of rotatable bonds is 3. The van der Waals surface area contributed by atoms with E-state index in [-0.39, 0.29) is 0 Å². The minimum atomic E-state index is 0.484. The molecule has 0 aliphatic heterocycles. The van der Waals surface area contributed by atoms with E-state index in [1.54, 1.807) is 0 Å². The molecule has 25 heavy (non-hydrogen) atoms. The van der Waals surface area contributed by atoms with Gasteiger partial charge in [-0.05, 0) is 90.7 Å². The van der Waals surface area contributed by atoms with E-state index in [9.17, 15) is 0 Å². The summed E-state index contributed by atoms with van der Waals surface area (Å²) in [5, 5.41) is 0. The molecule has 0 amide bonds. The van der Waals surface area contributed by atoms with Gasteiger partial charge in [-0.2, -0.15) is 0 Å². The van der Waals surface area contributed by atoms with Crippen molar-refractivity contribution in [1.82, 2.24) is 0 Å². The Morgan fingerprint density at radius 2 is 1.24 bits per heavy atom. The summed E-state index contributed by atoms with van der Waals surface area (Å²) in [5.74, 6) is 5.19. The molecule has 0 radical (unpaired) electrons. The molecule has 2 aromatic rings. The van der Waals surface area contributed by atoms with E-state index in [1.807, 2.05) is 0 Å². The van der Waals surface area contributed by atoms with Gasteiger partial charge < -0.3 is 11.5 Å². The lowest BCUT2D eigenvalue weighted by molar-refractivity contribution is 0.175. The lowest BCUT2D eigenvalue weighted by Crippen LogP contribution is -2.29. The Kier molecular flexibility index (Phi) is 3.55. The van der Waals surface area contributed by atoms with Crippen LogP contribution in [-0.2, 0) is 0 Å². The van der Waals surface area contributed by atoms with Crippen LogP contribution in [0, 0.1) is 29.6 Å². The third kappa shape index (κ3) is 2.46. The Morgan fingerprint density at radius 3 is 1.84 bits per heavy atom. The summed E-state index contributed by atoms with van der Waals surface area (Å²) in [6.07, 6.45) is 7.31. The van der Waals surface area contributed by atoms with Crippen LogP contribution in [0.15, 0.2) is 48.5 Å². The minimum absolute atomic E-state index is 0.484. The predicted octanol–water partition coefficient (Wildman–Crippen LogP) is 5.06. The molecule has 0 spiro atoms. The smallest absolute Gasteiger partial charge is 0.0314 e. The summed E-state index contributed by atoms with van der Waals surface area (Å²) in [4.78, 5) is 0. The fourth-order valence-corrected chi connectivity index (χ4v) is 6.60. The van der Waals surface area contributed by atoms with Crippen LogP contribution < -0.4 is 11.5 Å². The van der Waals surface area contributed by atoms with E-state index < -0.39 is 0 Å². The summed E-state index contributed by atoms with van der Waals surface area (Å²) in [6, 6.07) is 17.2. The largest absolute Gasteiger partial charge is 0.399 e. The van der Waals surface area contributed by atoms with Crippen molar-refractivity contribution >= 4 is 11.4 Å². The molecule has 4 N–H and O–H groups in total. The normalized spacial score (nSPS) is 33.1. The highest BCUT2D eigenvalue weighted by Crippen LogP contribution is 2.64. The summed E-state index contributed by atoms with van der Waals surface area (Å²) >= 11 is 0. The van der Waals surface area contributed by atoms with E-state index in [1.165, 1.54) is 43.2 Å². The standard InChI is InChI=1S/C23H28N2/c24-17-8-4-14(5-9-17)23(15-6-10-18(25)11-7-15)22-13-16-12-21(22)20-3-1-2-19(16)20/h4-11,16,19-23H,1-3,12-13,24-25H2. The first-order valence-corrected chi connectivity index (χ1v) is 9.91. The van der Waals surface area contributed by atoms with Gasteiger partial charge in [0.2, 0.25) is 0 Å². The lowest BCUT2D eigenvalue weighted by Gasteiger charge is -2.37. The van der Waals surface area contributed by atoms with E-state index in [4.69, 9.17) is 11.5 Å². The number of hydrogen-bond donors (Lipinski definition) is 2. The number of fused-ring (bicyclic) bond motifs is 5. The second-order valence-corrected chi connectivity index (χ2v) is 8.63. The van der Waals surface area contributed by atoms with Crippen molar-refractivity contribution in [2.45, 2.75) is 38.0 Å². The third-order valence-electron chi connectivity index (χ3n) is 7.50. The molecule has 5 atom stereocenters. The lowest BCUT2D eigenvalue weighted by atomic mass is 9.67. The fraction of sp³-hybridized carbons (Fsp3) is 0.478. The van der Waals surface area contributed by atoms with Gasteiger partial charge >= 0.3 is 0 Å². The molecule has 0 saturated heterocycles. The number of nitrogen functional groups attached to an aromatic ring is 2. The van der Waals surface area contributed by atoms with Crippen LogP contribution in [0.1, 0.15) is 49.1 Å². The van der Waals surface area contributed by atoms with Gasteiger partial charge in [-0.1, -0.05) is 30.7 Å². The third-order valence-corrected chi connectivity index (χ3v) is 7.50. The average Bonchev–Trinajstić information content (AvgIpc) is 3.31. The van der Waals surface area contributed by atoms with Crippen molar-refractivity contribution in [1.29, 1.82) is 0 Å². The Labute approximate surface area is 150 Å². The summed E-state index contributed by atoms with van der Waals surface area (Å²) in [7, 11) is 0. The summed E-state index contributed by atoms with van der Waals surface area (Å²) in [5.41, 5.74) is 16.5. The zero-order valence-corrected chi connectivity index (χ0v) is 14.8. The first-order valence-electron chi connectivity index (χ1n) is 9.91. The maximum atomic E-state index is 5.95. The molecule has 130 valence electrons. The zero-order chi connectivity index (χ0) is 17.0. The molecule has 2 aromatic carbocycles. The number of hydrogen-bond acceptors (Lipinski definition) is 2. The Bertz CT molecular complexity index is 703. The number of nitrogens with two attached hydrogens (primary N) is 2. The predicted molar refractivity (Wildman–Crippen MR) is 104 cm³/mol. The fourth-order valence-electron chi connectivity index (χ4n) is 6.60. The maximum Gasteiger partial charge on any atom is 0.0314 e. The van der Waals surface area contributed by atoms with E-state index in [2.05, 4.69) is 48.5 Å². The Balaban J connectivity index is 1.54. The van der Waals surface area contributed by atoms with Crippen LogP contribution in [0.3, 0.4) is 0 Å². The highest BCUT2D eigenvalue weighted by molar-refractivity contribution is 5.46. The van der Waals surface area contributed by atoms with E-state index in [0.717, 1.165) is 41.0 Å². The highest BCUT2D eigenvalue weighted by Gasteiger charge is 2.55. The average molecular weight is 332 g/mol. The Hall–Kier alpha value is -1.96. The summed E-state index contributed by atoms with van der Waals surface area (Å²) in [6.45, 7) is 0. The van der Waals surface area contributed by atoms with E-state index in [0.29, 0.717) is 5.92 Å². The molecule has 0 aromatic heterocycles. The second-order valence-electron chi connectivity index (χ2n) is 8.63. The van der Waals surface area contributed by atoms with Crippen LogP contribution in [0.25, 0.3) is 0 Å². The molecule has 2 nitrogen and oxygen atoms in total. The maximum absolute atomic E-state index is 5.95.